The Kier molecular flexibility index (Phi) is 3.13. The Morgan fingerprint density at radius 2 is 1.91 bits per heavy atom. The second kappa shape index (κ2) is 4.80. The first-order chi connectivity index (χ1) is 10.7. The normalized spacial score (nSPS) is 12.0. The minimum Gasteiger partial charge on any atom is -0.302 e. The number of halogens is 4. The summed E-state index contributed by atoms with van der Waals surface area (Å²) in [5.74, 6) is -0.939. The van der Waals surface area contributed by atoms with Crippen molar-refractivity contribution in [2.24, 2.45) is 0 Å². The molecule has 2 N–H and O–H groups in total. The van der Waals surface area contributed by atoms with Gasteiger partial charge in [0, 0.05) is 10.9 Å². The summed E-state index contributed by atoms with van der Waals surface area (Å²) in [6.45, 7) is 0.907. The van der Waals surface area contributed by atoms with Crippen LogP contribution in [-0.4, -0.2) is 19.7 Å². The number of hydrogen-bond acceptors (Lipinski definition) is 3. The van der Waals surface area contributed by atoms with Crippen LogP contribution in [0.15, 0.2) is 27.9 Å². The molecule has 0 amide bonds. The van der Waals surface area contributed by atoms with Gasteiger partial charge in [-0.2, -0.15) is 18.3 Å². The van der Waals surface area contributed by atoms with E-state index in [0.717, 1.165) is 19.1 Å². The molecule has 0 fully saturated rings. The molecule has 6 nitrogen and oxygen atoms in total. The van der Waals surface area contributed by atoms with E-state index in [-0.39, 0.29) is 0 Å². The minimum atomic E-state index is -4.90. The molecule has 0 atom stereocenters. The number of nitrogens with zero attached hydrogens (tertiary/aromatic N) is 2. The summed E-state index contributed by atoms with van der Waals surface area (Å²) in [6, 6.07) is 2.15. The summed E-state index contributed by atoms with van der Waals surface area (Å²) in [6.07, 6.45) is -3.57. The van der Waals surface area contributed by atoms with Crippen molar-refractivity contribution < 1.29 is 17.6 Å². The molecule has 0 aliphatic heterocycles. The summed E-state index contributed by atoms with van der Waals surface area (Å²) < 4.78 is 52.8. The smallest absolute Gasteiger partial charge is 0.302 e. The van der Waals surface area contributed by atoms with Gasteiger partial charge in [-0.05, 0) is 19.1 Å². The zero-order valence-corrected chi connectivity index (χ0v) is 11.5. The van der Waals surface area contributed by atoms with E-state index >= 15 is 0 Å². The Labute approximate surface area is 124 Å². The van der Waals surface area contributed by atoms with E-state index in [1.165, 1.54) is 6.20 Å². The molecule has 2 aromatic heterocycles. The number of aromatic amines is 2. The molecule has 3 aromatic rings. The van der Waals surface area contributed by atoms with E-state index in [4.69, 9.17) is 0 Å². The fraction of sp³-hybridized carbons (Fsp3) is 0.154. The molecule has 0 spiro atoms. The van der Waals surface area contributed by atoms with Gasteiger partial charge in [0.25, 0.3) is 5.56 Å². The number of alkyl halides is 3. The van der Waals surface area contributed by atoms with Crippen molar-refractivity contribution in [3.8, 4) is 5.69 Å². The van der Waals surface area contributed by atoms with Gasteiger partial charge in [0.2, 0.25) is 0 Å². The number of nitrogens with one attached hydrogen (secondary N) is 2. The van der Waals surface area contributed by atoms with Crippen LogP contribution in [0, 0.1) is 12.7 Å². The van der Waals surface area contributed by atoms with Crippen molar-refractivity contribution in [1.82, 2.24) is 19.7 Å². The Hall–Kier alpha value is -2.91. The maximum absolute atomic E-state index is 14.1. The topological polar surface area (TPSA) is 83.5 Å². The van der Waals surface area contributed by atoms with Gasteiger partial charge in [0.1, 0.15) is 11.5 Å². The highest BCUT2D eigenvalue weighted by molar-refractivity contribution is 5.80. The third-order valence-electron chi connectivity index (χ3n) is 3.37. The van der Waals surface area contributed by atoms with E-state index in [0.29, 0.717) is 15.5 Å². The molecule has 0 aliphatic carbocycles. The second-order valence-corrected chi connectivity index (χ2v) is 4.83. The lowest BCUT2D eigenvalue weighted by molar-refractivity contribution is -0.142. The lowest BCUT2D eigenvalue weighted by Gasteiger charge is -2.12. The Balaban J connectivity index is 2.36. The van der Waals surface area contributed by atoms with E-state index in [9.17, 15) is 27.2 Å². The number of fused-ring (bicyclic) bond motifs is 1. The molecule has 23 heavy (non-hydrogen) atoms. The first-order valence-electron chi connectivity index (χ1n) is 6.26. The zero-order valence-electron chi connectivity index (χ0n) is 11.5. The quantitative estimate of drug-likeness (QED) is 0.669. The highest BCUT2D eigenvalue weighted by atomic mass is 19.4. The first kappa shape index (κ1) is 15.0. The van der Waals surface area contributed by atoms with Crippen LogP contribution in [0.5, 0.6) is 0 Å². The van der Waals surface area contributed by atoms with Crippen LogP contribution in [0.3, 0.4) is 0 Å². The highest BCUT2D eigenvalue weighted by Crippen LogP contribution is 2.28. The second-order valence-electron chi connectivity index (χ2n) is 4.83. The molecule has 0 saturated carbocycles. The molecular formula is C13H8F4N4O2. The molecule has 0 radical (unpaired) electrons. The standard InChI is InChI=1S/C13H8F4N4O2/c1-5-10(13(15,16)17)19-12(23)21(11(5)22)9-3-8-6(2-7(9)14)4-18-20-8/h2-4H,1H3,(H,18,20)(H,19,23). The van der Waals surface area contributed by atoms with Crippen LogP contribution < -0.4 is 11.2 Å². The van der Waals surface area contributed by atoms with E-state index in [1.54, 1.807) is 4.98 Å². The number of H-pyrrole nitrogens is 2. The van der Waals surface area contributed by atoms with Crippen molar-refractivity contribution in [3.05, 3.63) is 56.2 Å². The number of benzene rings is 1. The molecular weight excluding hydrogens is 320 g/mol. The fourth-order valence-electron chi connectivity index (χ4n) is 2.25. The van der Waals surface area contributed by atoms with Crippen molar-refractivity contribution in [2.45, 2.75) is 13.1 Å². The van der Waals surface area contributed by atoms with Gasteiger partial charge in [-0.3, -0.25) is 9.89 Å². The van der Waals surface area contributed by atoms with Gasteiger partial charge in [-0.15, -0.1) is 0 Å². The minimum absolute atomic E-state index is 0.320. The summed E-state index contributed by atoms with van der Waals surface area (Å²) >= 11 is 0. The fourth-order valence-corrected chi connectivity index (χ4v) is 2.25. The van der Waals surface area contributed by atoms with Gasteiger partial charge in [0.15, 0.2) is 0 Å². The van der Waals surface area contributed by atoms with E-state index < -0.39 is 40.2 Å². The Morgan fingerprint density at radius 1 is 1.22 bits per heavy atom. The monoisotopic (exact) mass is 328 g/mol. The molecule has 0 unspecified atom stereocenters. The lowest BCUT2D eigenvalue weighted by atomic mass is 10.2. The number of aromatic nitrogens is 4. The van der Waals surface area contributed by atoms with Crippen LogP contribution in [0.25, 0.3) is 16.6 Å². The van der Waals surface area contributed by atoms with Gasteiger partial charge in [-0.1, -0.05) is 0 Å². The van der Waals surface area contributed by atoms with Gasteiger partial charge in [0.05, 0.1) is 17.4 Å². The third kappa shape index (κ3) is 2.31. The molecule has 0 aliphatic rings. The molecule has 10 heteroatoms. The van der Waals surface area contributed by atoms with Gasteiger partial charge < -0.3 is 4.98 Å². The van der Waals surface area contributed by atoms with Crippen molar-refractivity contribution >= 4 is 10.9 Å². The maximum Gasteiger partial charge on any atom is 0.431 e. The number of hydrogen-bond donors (Lipinski definition) is 2. The molecule has 2 heterocycles. The Morgan fingerprint density at radius 3 is 2.57 bits per heavy atom. The predicted molar refractivity (Wildman–Crippen MR) is 72.0 cm³/mol. The summed E-state index contributed by atoms with van der Waals surface area (Å²) in [5.41, 5.74) is -4.97. The van der Waals surface area contributed by atoms with Gasteiger partial charge >= 0.3 is 11.9 Å². The van der Waals surface area contributed by atoms with Crippen LogP contribution >= 0.6 is 0 Å². The average molecular weight is 328 g/mol. The molecule has 120 valence electrons. The van der Waals surface area contributed by atoms with Gasteiger partial charge in [-0.25, -0.2) is 13.8 Å². The summed E-state index contributed by atoms with van der Waals surface area (Å²) in [4.78, 5) is 25.6. The average Bonchev–Trinajstić information content (AvgIpc) is 2.89. The SMILES string of the molecule is Cc1c(C(F)(F)F)[nH]c(=O)n(-c2cc3[nH]ncc3cc2F)c1=O. The molecule has 0 saturated heterocycles. The summed E-state index contributed by atoms with van der Waals surface area (Å²) in [5, 5.41) is 6.58. The first-order valence-corrected chi connectivity index (χ1v) is 6.26. The molecule has 1 aromatic carbocycles. The van der Waals surface area contributed by atoms with E-state index in [1.807, 2.05) is 0 Å². The van der Waals surface area contributed by atoms with Crippen molar-refractivity contribution in [3.63, 3.8) is 0 Å². The van der Waals surface area contributed by atoms with Crippen LogP contribution in [-0.2, 0) is 6.18 Å². The molecule has 0 bridgehead atoms. The third-order valence-corrected chi connectivity index (χ3v) is 3.37. The van der Waals surface area contributed by atoms with E-state index in [2.05, 4.69) is 10.2 Å². The Bertz CT molecular complexity index is 1030. The van der Waals surface area contributed by atoms with Crippen molar-refractivity contribution in [1.29, 1.82) is 0 Å². The van der Waals surface area contributed by atoms with Crippen LogP contribution in [0.2, 0.25) is 0 Å². The zero-order chi connectivity index (χ0) is 16.9. The largest absolute Gasteiger partial charge is 0.431 e. The number of rotatable bonds is 1. The maximum atomic E-state index is 14.1. The van der Waals surface area contributed by atoms with Crippen LogP contribution in [0.1, 0.15) is 11.3 Å². The lowest BCUT2D eigenvalue weighted by Crippen LogP contribution is -2.38. The van der Waals surface area contributed by atoms with Crippen molar-refractivity contribution in [2.75, 3.05) is 0 Å². The predicted octanol–water partition coefficient (Wildman–Crippen LogP) is 1.87. The highest BCUT2D eigenvalue weighted by Gasteiger charge is 2.35. The molecule has 3 rings (SSSR count). The summed E-state index contributed by atoms with van der Waals surface area (Å²) in [7, 11) is 0. The van der Waals surface area contributed by atoms with Crippen LogP contribution in [0.4, 0.5) is 17.6 Å².